The minimum absolute atomic E-state index is 0.0231. The molecule has 7 nitrogen and oxygen atoms in total. The van der Waals surface area contributed by atoms with Crippen LogP contribution in [-0.2, 0) is 4.79 Å². The van der Waals surface area contributed by atoms with Gasteiger partial charge in [0.2, 0.25) is 0 Å². The lowest BCUT2D eigenvalue weighted by atomic mass is 10.2. The first-order chi connectivity index (χ1) is 15.3. The Morgan fingerprint density at radius 3 is 2.77 bits per heavy atom. The summed E-state index contributed by atoms with van der Waals surface area (Å²) in [5, 5.41) is 4.40. The molecule has 154 valence electrons. The van der Waals surface area contributed by atoms with Crippen LogP contribution in [-0.4, -0.2) is 40.6 Å². The van der Waals surface area contributed by atoms with Gasteiger partial charge in [-0.3, -0.25) is 9.78 Å². The van der Waals surface area contributed by atoms with E-state index < -0.39 is 0 Å². The van der Waals surface area contributed by atoms with Crippen molar-refractivity contribution in [1.82, 2.24) is 15.0 Å². The number of para-hydroxylation sites is 3. The Kier molecular flexibility index (Phi) is 5.14. The first-order valence-electron chi connectivity index (χ1n) is 10.2. The van der Waals surface area contributed by atoms with Crippen LogP contribution in [0.4, 0.5) is 11.5 Å². The van der Waals surface area contributed by atoms with Crippen LogP contribution in [0.5, 0.6) is 5.75 Å². The first kappa shape index (κ1) is 19.0. The molecule has 31 heavy (non-hydrogen) atoms. The van der Waals surface area contributed by atoms with Gasteiger partial charge in [0.1, 0.15) is 11.6 Å². The molecule has 1 N–H and O–H groups in total. The van der Waals surface area contributed by atoms with Gasteiger partial charge in [0.15, 0.2) is 12.4 Å². The fraction of sp³-hybridized carbons (Fsp3) is 0.167. The molecule has 4 aromatic rings. The van der Waals surface area contributed by atoms with Gasteiger partial charge in [0, 0.05) is 36.4 Å². The van der Waals surface area contributed by atoms with E-state index >= 15 is 0 Å². The summed E-state index contributed by atoms with van der Waals surface area (Å²) in [6, 6.07) is 19.4. The number of pyridine rings is 1. The van der Waals surface area contributed by atoms with Crippen molar-refractivity contribution in [2.75, 3.05) is 29.9 Å². The second kappa shape index (κ2) is 8.39. The molecule has 2 aromatic carbocycles. The van der Waals surface area contributed by atoms with Gasteiger partial charge in [0.25, 0.3) is 5.91 Å². The number of benzene rings is 2. The highest BCUT2D eigenvalue weighted by molar-refractivity contribution is 5.97. The highest BCUT2D eigenvalue weighted by Crippen LogP contribution is 2.31. The molecule has 7 heteroatoms. The van der Waals surface area contributed by atoms with Crippen LogP contribution < -0.4 is 15.0 Å². The molecule has 1 amide bonds. The van der Waals surface area contributed by atoms with Crippen LogP contribution in [0.15, 0.2) is 73.1 Å². The van der Waals surface area contributed by atoms with Crippen molar-refractivity contribution in [2.24, 2.45) is 0 Å². The van der Waals surface area contributed by atoms with Gasteiger partial charge in [-0.2, -0.15) is 0 Å². The Morgan fingerprint density at radius 1 is 1.00 bits per heavy atom. The summed E-state index contributed by atoms with van der Waals surface area (Å²) in [5.74, 6) is 2.13. The third-order valence-corrected chi connectivity index (χ3v) is 5.18. The van der Waals surface area contributed by atoms with Crippen LogP contribution in [0.3, 0.4) is 0 Å². The van der Waals surface area contributed by atoms with Gasteiger partial charge >= 0.3 is 0 Å². The van der Waals surface area contributed by atoms with Crippen LogP contribution in [0.25, 0.3) is 22.3 Å². The van der Waals surface area contributed by atoms with E-state index in [-0.39, 0.29) is 12.5 Å². The summed E-state index contributed by atoms with van der Waals surface area (Å²) in [7, 11) is 0. The quantitative estimate of drug-likeness (QED) is 0.485. The van der Waals surface area contributed by atoms with E-state index in [1.807, 2.05) is 60.7 Å². The molecule has 0 bridgehead atoms. The highest BCUT2D eigenvalue weighted by atomic mass is 16.5. The summed E-state index contributed by atoms with van der Waals surface area (Å²) in [5.41, 5.74) is 2.56. The average Bonchev–Trinajstić information content (AvgIpc) is 2.83. The Bertz CT molecular complexity index is 1230. The van der Waals surface area contributed by atoms with E-state index in [4.69, 9.17) is 9.72 Å². The lowest BCUT2D eigenvalue weighted by molar-refractivity contribution is -0.121. The van der Waals surface area contributed by atoms with E-state index in [1.54, 1.807) is 17.3 Å². The van der Waals surface area contributed by atoms with E-state index in [2.05, 4.69) is 15.3 Å². The molecule has 1 aliphatic heterocycles. The number of nitrogens with one attached hydrogen (secondary N) is 1. The summed E-state index contributed by atoms with van der Waals surface area (Å²) in [4.78, 5) is 27.7. The van der Waals surface area contributed by atoms with Gasteiger partial charge in [-0.15, -0.1) is 0 Å². The molecule has 0 aliphatic carbocycles. The second-order valence-electron chi connectivity index (χ2n) is 7.24. The molecule has 0 saturated heterocycles. The number of ether oxygens (including phenoxy) is 1. The minimum atomic E-state index is -0.0231. The molecule has 0 atom stereocenters. The number of aromatic nitrogens is 3. The molecule has 5 rings (SSSR count). The summed E-state index contributed by atoms with van der Waals surface area (Å²) in [6.07, 6.45) is 4.25. The maximum Gasteiger partial charge on any atom is 0.265 e. The SMILES string of the molecule is O=C1COc2ccccc2N1CCCNc1nc(-c2cccnc2)nc2ccccc12. The minimum Gasteiger partial charge on any atom is -0.482 e. The number of fused-ring (bicyclic) bond motifs is 2. The maximum atomic E-state index is 12.4. The van der Waals surface area contributed by atoms with Crippen LogP contribution in [0.2, 0.25) is 0 Å². The topological polar surface area (TPSA) is 80.2 Å². The maximum absolute atomic E-state index is 12.4. The van der Waals surface area contributed by atoms with E-state index in [0.717, 1.165) is 40.1 Å². The van der Waals surface area contributed by atoms with Gasteiger partial charge in [-0.25, -0.2) is 9.97 Å². The third kappa shape index (κ3) is 3.90. The van der Waals surface area contributed by atoms with Crippen molar-refractivity contribution < 1.29 is 9.53 Å². The van der Waals surface area contributed by atoms with Crippen molar-refractivity contribution in [3.63, 3.8) is 0 Å². The number of rotatable bonds is 6. The Balaban J connectivity index is 1.33. The molecule has 0 spiro atoms. The van der Waals surface area contributed by atoms with Gasteiger partial charge in [0.05, 0.1) is 11.2 Å². The molecule has 0 unspecified atom stereocenters. The number of hydrogen-bond donors (Lipinski definition) is 1. The molecule has 0 fully saturated rings. The second-order valence-corrected chi connectivity index (χ2v) is 7.24. The Morgan fingerprint density at radius 2 is 1.87 bits per heavy atom. The third-order valence-electron chi connectivity index (χ3n) is 5.18. The van der Waals surface area contributed by atoms with Crippen molar-refractivity contribution >= 4 is 28.3 Å². The fourth-order valence-corrected chi connectivity index (χ4v) is 3.68. The lowest BCUT2D eigenvalue weighted by Gasteiger charge is -2.29. The van der Waals surface area contributed by atoms with Crippen LogP contribution in [0.1, 0.15) is 6.42 Å². The molecular formula is C24H21N5O2. The number of nitrogens with zero attached hydrogens (tertiary/aromatic N) is 4. The molecule has 3 heterocycles. The Hall–Kier alpha value is -4.00. The molecule has 0 saturated carbocycles. The number of hydrogen-bond acceptors (Lipinski definition) is 6. The number of anilines is 2. The zero-order valence-electron chi connectivity index (χ0n) is 16.9. The van der Waals surface area contributed by atoms with E-state index in [0.29, 0.717) is 18.9 Å². The number of carbonyl (C=O) groups is 1. The largest absolute Gasteiger partial charge is 0.482 e. The van der Waals surface area contributed by atoms with E-state index in [1.165, 1.54) is 0 Å². The number of carbonyl (C=O) groups excluding carboxylic acids is 1. The zero-order chi connectivity index (χ0) is 21.0. The predicted molar refractivity (Wildman–Crippen MR) is 120 cm³/mol. The Labute approximate surface area is 179 Å². The molecule has 1 aliphatic rings. The first-order valence-corrected chi connectivity index (χ1v) is 10.2. The standard InChI is InChI=1S/C24H21N5O2/c30-22-16-31-21-11-4-3-10-20(21)29(22)14-6-13-26-24-18-8-1-2-9-19(18)27-23(28-24)17-7-5-12-25-15-17/h1-5,7-12,15H,6,13-14,16H2,(H,26,27,28). The smallest absolute Gasteiger partial charge is 0.265 e. The molecule has 2 aromatic heterocycles. The predicted octanol–water partition coefficient (Wildman–Crippen LogP) is 3.92. The zero-order valence-corrected chi connectivity index (χ0v) is 16.9. The summed E-state index contributed by atoms with van der Waals surface area (Å²) >= 11 is 0. The number of amides is 1. The normalized spacial score (nSPS) is 13.0. The van der Waals surface area contributed by atoms with Gasteiger partial charge in [-0.05, 0) is 42.8 Å². The average molecular weight is 411 g/mol. The lowest BCUT2D eigenvalue weighted by Crippen LogP contribution is -2.39. The van der Waals surface area contributed by atoms with Crippen molar-refractivity contribution in [1.29, 1.82) is 0 Å². The van der Waals surface area contributed by atoms with Crippen molar-refractivity contribution in [3.05, 3.63) is 73.1 Å². The van der Waals surface area contributed by atoms with Gasteiger partial charge < -0.3 is 15.0 Å². The van der Waals surface area contributed by atoms with E-state index in [9.17, 15) is 4.79 Å². The summed E-state index contributed by atoms with van der Waals surface area (Å²) in [6.45, 7) is 1.35. The highest BCUT2D eigenvalue weighted by Gasteiger charge is 2.24. The molecule has 0 radical (unpaired) electrons. The fourth-order valence-electron chi connectivity index (χ4n) is 3.68. The molecular weight excluding hydrogens is 390 g/mol. The van der Waals surface area contributed by atoms with Gasteiger partial charge in [-0.1, -0.05) is 24.3 Å². The summed E-state index contributed by atoms with van der Waals surface area (Å²) < 4.78 is 5.52. The van der Waals surface area contributed by atoms with Crippen LogP contribution in [0, 0.1) is 0 Å². The van der Waals surface area contributed by atoms with Crippen molar-refractivity contribution in [2.45, 2.75) is 6.42 Å². The van der Waals surface area contributed by atoms with Crippen LogP contribution >= 0.6 is 0 Å². The van der Waals surface area contributed by atoms with Crippen molar-refractivity contribution in [3.8, 4) is 17.1 Å². The monoisotopic (exact) mass is 411 g/mol.